The molecular formula is C12H17N2O4P. The molecule has 3 N–H and O–H groups in total. The molecular weight excluding hydrogens is 267 g/mol. The minimum atomic E-state index is -4.85. The number of rotatable bonds is 5. The molecule has 0 aliphatic heterocycles. The molecule has 1 aromatic carbocycles. The Kier molecular flexibility index (Phi) is 2.10. The summed E-state index contributed by atoms with van der Waals surface area (Å²) in [5.41, 5.74) is 0.731. The zero-order chi connectivity index (χ0) is 19.9. The highest BCUT2D eigenvalue weighted by atomic mass is 31.2. The van der Waals surface area contributed by atoms with E-state index in [1.807, 2.05) is 0 Å². The highest BCUT2D eigenvalue weighted by Crippen LogP contribution is 2.41. The molecule has 0 saturated heterocycles. The third-order valence-electron chi connectivity index (χ3n) is 2.46. The summed E-state index contributed by atoms with van der Waals surface area (Å²) in [4.78, 5) is 21.0. The van der Waals surface area contributed by atoms with Gasteiger partial charge in [-0.25, -0.2) is 4.57 Å². The third kappa shape index (κ3) is 3.58. The van der Waals surface area contributed by atoms with Crippen molar-refractivity contribution in [2.45, 2.75) is 6.42 Å². The van der Waals surface area contributed by atoms with Gasteiger partial charge in [0.25, 0.3) is 0 Å². The van der Waals surface area contributed by atoms with Crippen LogP contribution in [0.2, 0.25) is 0 Å². The summed E-state index contributed by atoms with van der Waals surface area (Å²) in [5, 5.41) is 0.240. The number of hydrogen-bond acceptors (Lipinski definition) is 3. The van der Waals surface area contributed by atoms with Gasteiger partial charge in [-0.05, 0) is 38.1 Å². The fraction of sp³-hybridized carbons (Fsp3) is 0.333. The number of benzene rings is 1. The van der Waals surface area contributed by atoms with Crippen molar-refractivity contribution in [1.29, 1.82) is 0 Å². The highest BCUT2D eigenvalue weighted by Gasteiger charge is 2.19. The van der Waals surface area contributed by atoms with E-state index in [1.165, 1.54) is 18.3 Å². The maximum atomic E-state index is 11.1. The second-order valence-electron chi connectivity index (χ2n) is 3.83. The number of phosphoric acid groups is 1. The van der Waals surface area contributed by atoms with E-state index in [9.17, 15) is 4.57 Å². The number of nitrogens with one attached hydrogen (secondary N) is 1. The molecule has 2 aromatic rings. The Morgan fingerprint density at radius 2 is 2.32 bits per heavy atom. The van der Waals surface area contributed by atoms with Crippen LogP contribution in [0.15, 0.2) is 24.4 Å². The Balaban J connectivity index is 2.43. The Bertz CT molecular complexity index is 815. The number of aryl methyl sites for hydroxylation is 1. The summed E-state index contributed by atoms with van der Waals surface area (Å²) >= 11 is 0. The molecule has 1 unspecified atom stereocenters. The highest BCUT2D eigenvalue weighted by molar-refractivity contribution is 7.46. The van der Waals surface area contributed by atoms with Crippen LogP contribution in [0.1, 0.15) is 15.2 Å². The molecule has 1 aromatic heterocycles. The Labute approximate surface area is 121 Å². The van der Waals surface area contributed by atoms with Crippen molar-refractivity contribution in [3.8, 4) is 5.75 Å². The predicted octanol–water partition coefficient (Wildman–Crippen LogP) is 1.74. The Morgan fingerprint density at radius 3 is 3.00 bits per heavy atom. The van der Waals surface area contributed by atoms with E-state index in [0.29, 0.717) is 11.1 Å². The van der Waals surface area contributed by atoms with Crippen LogP contribution in [-0.2, 0) is 11.0 Å². The van der Waals surface area contributed by atoms with E-state index in [4.69, 9.17) is 19.4 Å². The van der Waals surface area contributed by atoms with Crippen molar-refractivity contribution in [2.75, 3.05) is 20.5 Å². The molecule has 104 valence electrons. The van der Waals surface area contributed by atoms with Gasteiger partial charge in [-0.2, -0.15) is 0 Å². The van der Waals surface area contributed by atoms with Gasteiger partial charge in [-0.1, -0.05) is 6.07 Å². The average Bonchev–Trinajstić information content (AvgIpc) is 2.77. The average molecular weight is 291 g/mol. The smallest absolute Gasteiger partial charge is 0.404 e. The van der Waals surface area contributed by atoms with Gasteiger partial charge in [-0.15, -0.1) is 0 Å². The minimum Gasteiger partial charge on any atom is -0.404 e. The summed E-state index contributed by atoms with van der Waals surface area (Å²) in [6.45, 7) is -7.69. The van der Waals surface area contributed by atoms with Gasteiger partial charge in [-0.3, -0.25) is 9.79 Å². The lowest BCUT2D eigenvalue weighted by molar-refractivity contribution is 0.284. The maximum absolute atomic E-state index is 11.1. The summed E-state index contributed by atoms with van der Waals surface area (Å²) in [6, 6.07) is 4.39. The van der Waals surface area contributed by atoms with Gasteiger partial charge in [0, 0.05) is 33.2 Å². The fourth-order valence-electron chi connectivity index (χ4n) is 1.77. The molecule has 0 bridgehead atoms. The van der Waals surface area contributed by atoms with E-state index in [1.54, 1.807) is 6.07 Å². The van der Waals surface area contributed by atoms with Crippen molar-refractivity contribution in [1.82, 2.24) is 9.88 Å². The lowest BCUT2D eigenvalue weighted by atomic mass is 10.1. The molecule has 1 atom stereocenters. The fourth-order valence-corrected chi connectivity index (χ4v) is 2.18. The van der Waals surface area contributed by atoms with Crippen molar-refractivity contribution < 1.29 is 28.5 Å². The van der Waals surface area contributed by atoms with Crippen LogP contribution in [0.25, 0.3) is 10.9 Å². The number of H-pyrrole nitrogens is 1. The molecule has 0 aliphatic carbocycles. The van der Waals surface area contributed by atoms with E-state index in [0.717, 1.165) is 0 Å². The van der Waals surface area contributed by atoms with Crippen LogP contribution < -0.4 is 4.52 Å². The molecule has 0 spiro atoms. The molecule has 2 rings (SSSR count). The Morgan fingerprint density at radius 1 is 1.53 bits per heavy atom. The van der Waals surface area contributed by atoms with Gasteiger partial charge < -0.3 is 14.4 Å². The van der Waals surface area contributed by atoms with E-state index >= 15 is 0 Å². The Hall–Kier alpha value is -1.33. The first-order valence-corrected chi connectivity index (χ1v) is 6.79. The number of hydrogen-bond donors (Lipinski definition) is 3. The second kappa shape index (κ2) is 5.35. The molecule has 1 heterocycles. The summed E-state index contributed by atoms with van der Waals surface area (Å²) in [5.74, 6) is -0.159. The molecule has 0 saturated carbocycles. The number of likely N-dealkylation sites (N-methyl/N-ethyl adjacent to an activating group) is 1. The zero-order valence-electron chi connectivity index (χ0n) is 16.7. The number of fused-ring (bicyclic) bond motifs is 1. The van der Waals surface area contributed by atoms with Crippen molar-refractivity contribution >= 4 is 18.7 Å². The van der Waals surface area contributed by atoms with Gasteiger partial charge in [0.15, 0.2) is 0 Å². The molecule has 0 amide bonds. The van der Waals surface area contributed by atoms with Gasteiger partial charge >= 0.3 is 7.82 Å². The third-order valence-corrected chi connectivity index (χ3v) is 2.89. The largest absolute Gasteiger partial charge is 0.524 e. The standard InChI is InChI=1S/C12H17N2O4P/c1-14(2)7-6-9-8-13-10-4-3-5-11(12(9)10)18-19(15,16)17/h3-5,8,13H,6-7H2,1-2H3,(H2,15,16,17)/i1D3,2D3,7D. The van der Waals surface area contributed by atoms with Crippen molar-refractivity contribution in [2.24, 2.45) is 0 Å². The van der Waals surface area contributed by atoms with E-state index < -0.39 is 28.3 Å². The van der Waals surface area contributed by atoms with Crippen molar-refractivity contribution in [3.63, 3.8) is 0 Å². The number of phosphoric ester groups is 1. The normalized spacial score (nSPS) is 20.7. The predicted molar refractivity (Wildman–Crippen MR) is 73.2 cm³/mol. The lowest BCUT2D eigenvalue weighted by Gasteiger charge is -2.11. The van der Waals surface area contributed by atoms with Crippen LogP contribution in [0.3, 0.4) is 0 Å². The van der Waals surface area contributed by atoms with Crippen LogP contribution >= 0.6 is 7.82 Å². The molecule has 6 nitrogen and oxygen atoms in total. The first kappa shape index (κ1) is 7.45. The maximum Gasteiger partial charge on any atom is 0.524 e. The number of nitrogens with zero attached hydrogens (tertiary/aromatic N) is 1. The lowest BCUT2D eigenvalue weighted by Crippen LogP contribution is -2.14. The quantitative estimate of drug-likeness (QED) is 0.731. The van der Waals surface area contributed by atoms with Gasteiger partial charge in [0.2, 0.25) is 0 Å². The van der Waals surface area contributed by atoms with Gasteiger partial charge in [0.05, 0.1) is 0 Å². The molecule has 0 aliphatic rings. The molecule has 0 fully saturated rings. The van der Waals surface area contributed by atoms with Gasteiger partial charge in [0.1, 0.15) is 5.75 Å². The SMILES string of the molecule is [2H]C(Cc1c[nH]c2cccc(OP(=O)(O)O)c12)N(C([2H])([2H])[2H])C([2H])([2H])[2H]. The van der Waals surface area contributed by atoms with Crippen LogP contribution in [0.4, 0.5) is 0 Å². The zero-order valence-corrected chi connectivity index (χ0v) is 10.6. The summed E-state index contributed by atoms with van der Waals surface area (Å²) in [7, 11) is -4.85. The topological polar surface area (TPSA) is 85.8 Å². The number of aromatic nitrogens is 1. The summed E-state index contributed by atoms with van der Waals surface area (Å²) in [6.07, 6.45) is 1.09. The van der Waals surface area contributed by atoms with E-state index in [-0.39, 0.29) is 22.5 Å². The minimum absolute atomic E-state index is 0.130. The van der Waals surface area contributed by atoms with Crippen molar-refractivity contribution in [3.05, 3.63) is 30.0 Å². The van der Waals surface area contributed by atoms with Crippen LogP contribution in [0.5, 0.6) is 5.75 Å². The second-order valence-corrected chi connectivity index (χ2v) is 4.99. The molecule has 19 heavy (non-hydrogen) atoms. The molecule has 7 heteroatoms. The van der Waals surface area contributed by atoms with E-state index in [2.05, 4.69) is 9.51 Å². The molecule has 0 radical (unpaired) electrons. The van der Waals surface area contributed by atoms with Crippen LogP contribution in [-0.4, -0.2) is 40.1 Å². The van der Waals surface area contributed by atoms with Crippen LogP contribution in [0, 0.1) is 0 Å². The first-order chi connectivity index (χ1) is 11.7. The monoisotopic (exact) mass is 291 g/mol. The summed E-state index contributed by atoms with van der Waals surface area (Å²) < 4.78 is 68.0. The first-order valence-electron chi connectivity index (χ1n) is 8.84. The number of aromatic amines is 1.